The second-order valence-electron chi connectivity index (χ2n) is 11.6. The highest BCUT2D eigenvalue weighted by molar-refractivity contribution is 5.69. The fourth-order valence-corrected chi connectivity index (χ4v) is 4.94. The summed E-state index contributed by atoms with van der Waals surface area (Å²) in [6, 6.07) is 0. The van der Waals surface area contributed by atoms with Crippen LogP contribution >= 0.6 is 0 Å². The Kier molecular flexibility index (Phi) is 28.2. The number of unbranched alkanes of at least 4 members (excludes halogenated alkanes) is 14. The SMILES string of the molecule is CCCCCCCCC(OC(=O)CC)C(O)CCCCCCCC(=O)OCCCCCCCCC(CO)OC(=O)CC. The molecule has 8 heteroatoms. The molecule has 0 spiro atoms. The van der Waals surface area contributed by atoms with E-state index in [1.807, 2.05) is 0 Å². The summed E-state index contributed by atoms with van der Waals surface area (Å²) in [6.45, 7) is 6.07. The van der Waals surface area contributed by atoms with E-state index in [9.17, 15) is 24.6 Å². The maximum absolute atomic E-state index is 12.0. The lowest BCUT2D eigenvalue weighted by Gasteiger charge is -2.23. The number of aliphatic hydroxyl groups is 2. The van der Waals surface area contributed by atoms with Crippen LogP contribution < -0.4 is 0 Å². The Morgan fingerprint density at radius 3 is 1.67 bits per heavy atom. The summed E-state index contributed by atoms with van der Waals surface area (Å²) in [7, 11) is 0. The van der Waals surface area contributed by atoms with Crippen molar-refractivity contribution in [3.63, 3.8) is 0 Å². The molecule has 0 aliphatic carbocycles. The molecular formula is C34H64O8. The van der Waals surface area contributed by atoms with Crippen molar-refractivity contribution in [1.82, 2.24) is 0 Å². The molecule has 0 amide bonds. The third kappa shape index (κ3) is 24.9. The van der Waals surface area contributed by atoms with Gasteiger partial charge in [0.2, 0.25) is 0 Å². The van der Waals surface area contributed by atoms with E-state index in [1.165, 1.54) is 25.7 Å². The van der Waals surface area contributed by atoms with E-state index >= 15 is 0 Å². The van der Waals surface area contributed by atoms with Crippen LogP contribution in [0.2, 0.25) is 0 Å². The van der Waals surface area contributed by atoms with Gasteiger partial charge in [0, 0.05) is 19.3 Å². The van der Waals surface area contributed by atoms with Crippen LogP contribution in [0.5, 0.6) is 0 Å². The predicted octanol–water partition coefficient (Wildman–Crippen LogP) is 7.74. The smallest absolute Gasteiger partial charge is 0.305 e. The maximum Gasteiger partial charge on any atom is 0.305 e. The third-order valence-corrected chi connectivity index (χ3v) is 7.70. The van der Waals surface area contributed by atoms with Crippen molar-refractivity contribution in [1.29, 1.82) is 0 Å². The number of carbonyl (C=O) groups excluding carboxylic acids is 3. The molecule has 248 valence electrons. The molecule has 0 aromatic carbocycles. The van der Waals surface area contributed by atoms with Gasteiger partial charge in [-0.1, -0.05) is 104 Å². The molecule has 0 aromatic heterocycles. The van der Waals surface area contributed by atoms with Gasteiger partial charge in [-0.05, 0) is 44.9 Å². The largest absolute Gasteiger partial charge is 0.466 e. The lowest BCUT2D eigenvalue weighted by molar-refractivity contribution is -0.155. The first-order chi connectivity index (χ1) is 20.4. The summed E-state index contributed by atoms with van der Waals surface area (Å²) in [5.41, 5.74) is 0. The molecular weight excluding hydrogens is 536 g/mol. The molecule has 0 saturated carbocycles. The molecule has 0 saturated heterocycles. The lowest BCUT2D eigenvalue weighted by Crippen LogP contribution is -2.31. The van der Waals surface area contributed by atoms with Crippen LogP contribution in [-0.4, -0.2) is 59.6 Å². The molecule has 3 atom stereocenters. The Balaban J connectivity index is 3.76. The molecule has 3 unspecified atom stereocenters. The average molecular weight is 601 g/mol. The van der Waals surface area contributed by atoms with E-state index in [0.717, 1.165) is 89.9 Å². The third-order valence-electron chi connectivity index (χ3n) is 7.70. The zero-order chi connectivity index (χ0) is 31.3. The number of hydrogen-bond donors (Lipinski definition) is 2. The number of esters is 3. The normalized spacial score (nSPS) is 13.4. The number of rotatable bonds is 30. The first-order valence-corrected chi connectivity index (χ1v) is 17.2. The molecule has 8 nitrogen and oxygen atoms in total. The topological polar surface area (TPSA) is 119 Å². The van der Waals surface area contributed by atoms with Gasteiger partial charge in [0.1, 0.15) is 12.2 Å². The first kappa shape index (κ1) is 40.3. The van der Waals surface area contributed by atoms with E-state index in [1.54, 1.807) is 13.8 Å². The summed E-state index contributed by atoms with van der Waals surface area (Å²) in [6.07, 6.45) is 19.4. The molecule has 0 fully saturated rings. The highest BCUT2D eigenvalue weighted by Crippen LogP contribution is 2.18. The van der Waals surface area contributed by atoms with Gasteiger partial charge in [-0.3, -0.25) is 14.4 Å². The molecule has 0 rings (SSSR count). The molecule has 2 N–H and O–H groups in total. The lowest BCUT2D eigenvalue weighted by atomic mass is 9.99. The van der Waals surface area contributed by atoms with E-state index < -0.39 is 12.2 Å². The minimum Gasteiger partial charge on any atom is -0.466 e. The van der Waals surface area contributed by atoms with Crippen molar-refractivity contribution < 1.29 is 38.8 Å². The summed E-state index contributed by atoms with van der Waals surface area (Å²) in [4.78, 5) is 35.1. The van der Waals surface area contributed by atoms with Gasteiger partial charge >= 0.3 is 17.9 Å². The Morgan fingerprint density at radius 1 is 0.571 bits per heavy atom. The monoisotopic (exact) mass is 600 g/mol. The van der Waals surface area contributed by atoms with Crippen molar-refractivity contribution in [2.75, 3.05) is 13.2 Å². The van der Waals surface area contributed by atoms with Crippen molar-refractivity contribution in [3.8, 4) is 0 Å². The van der Waals surface area contributed by atoms with Crippen LogP contribution in [0.1, 0.15) is 168 Å². The van der Waals surface area contributed by atoms with Crippen molar-refractivity contribution in [3.05, 3.63) is 0 Å². The number of ether oxygens (including phenoxy) is 3. The molecule has 0 heterocycles. The fourth-order valence-electron chi connectivity index (χ4n) is 4.94. The summed E-state index contributed by atoms with van der Waals surface area (Å²) in [5, 5.41) is 19.9. The van der Waals surface area contributed by atoms with Crippen LogP contribution in [0, 0.1) is 0 Å². The standard InChI is InChI=1S/C34H64O8/c1-4-7-8-9-15-20-25-31(42-33(38)6-3)30(36)24-19-14-12-16-21-26-34(39)40-27-22-17-11-10-13-18-23-29(28-35)41-32(37)5-2/h29-31,35-36H,4-28H2,1-3H3. The van der Waals surface area contributed by atoms with Crippen LogP contribution in [0.15, 0.2) is 0 Å². The minimum atomic E-state index is -0.609. The number of carbonyl (C=O) groups is 3. The van der Waals surface area contributed by atoms with Crippen molar-refractivity contribution in [2.24, 2.45) is 0 Å². The zero-order valence-corrected chi connectivity index (χ0v) is 27.3. The number of hydrogen-bond acceptors (Lipinski definition) is 8. The molecule has 0 aliphatic heterocycles. The predicted molar refractivity (Wildman–Crippen MR) is 167 cm³/mol. The Labute approximate surface area is 256 Å². The van der Waals surface area contributed by atoms with Crippen molar-refractivity contribution in [2.45, 2.75) is 187 Å². The van der Waals surface area contributed by atoms with Gasteiger partial charge in [0.15, 0.2) is 0 Å². The first-order valence-electron chi connectivity index (χ1n) is 17.2. The Morgan fingerprint density at radius 2 is 1.07 bits per heavy atom. The minimum absolute atomic E-state index is 0.125. The molecule has 0 radical (unpaired) electrons. The number of aliphatic hydroxyl groups excluding tert-OH is 2. The van der Waals surface area contributed by atoms with Crippen LogP contribution in [-0.2, 0) is 28.6 Å². The molecule has 0 aliphatic rings. The van der Waals surface area contributed by atoms with Gasteiger partial charge in [-0.15, -0.1) is 0 Å². The summed E-state index contributed by atoms with van der Waals surface area (Å²) >= 11 is 0. The second-order valence-corrected chi connectivity index (χ2v) is 11.6. The maximum atomic E-state index is 12.0. The van der Waals surface area contributed by atoms with Gasteiger partial charge in [-0.25, -0.2) is 0 Å². The van der Waals surface area contributed by atoms with E-state index in [2.05, 4.69) is 6.92 Å². The summed E-state index contributed by atoms with van der Waals surface area (Å²) < 4.78 is 16.1. The summed E-state index contributed by atoms with van der Waals surface area (Å²) in [5.74, 6) is -0.636. The molecule has 0 aromatic rings. The second kappa shape index (κ2) is 29.4. The van der Waals surface area contributed by atoms with Crippen LogP contribution in [0.25, 0.3) is 0 Å². The van der Waals surface area contributed by atoms with Gasteiger partial charge in [0.25, 0.3) is 0 Å². The zero-order valence-electron chi connectivity index (χ0n) is 27.3. The van der Waals surface area contributed by atoms with Gasteiger partial charge in [0.05, 0.1) is 19.3 Å². The average Bonchev–Trinajstić information content (AvgIpc) is 2.99. The van der Waals surface area contributed by atoms with Crippen LogP contribution in [0.4, 0.5) is 0 Å². The quantitative estimate of drug-likeness (QED) is 0.0488. The van der Waals surface area contributed by atoms with E-state index in [-0.39, 0.29) is 30.6 Å². The fraction of sp³-hybridized carbons (Fsp3) is 0.912. The van der Waals surface area contributed by atoms with E-state index in [4.69, 9.17) is 14.2 Å². The molecule has 42 heavy (non-hydrogen) atoms. The van der Waals surface area contributed by atoms with Gasteiger partial charge < -0.3 is 24.4 Å². The molecule has 0 bridgehead atoms. The Hall–Kier alpha value is -1.67. The van der Waals surface area contributed by atoms with Crippen molar-refractivity contribution >= 4 is 17.9 Å². The van der Waals surface area contributed by atoms with Crippen LogP contribution in [0.3, 0.4) is 0 Å². The highest BCUT2D eigenvalue weighted by atomic mass is 16.6. The van der Waals surface area contributed by atoms with Gasteiger partial charge in [-0.2, -0.15) is 0 Å². The van der Waals surface area contributed by atoms with E-state index in [0.29, 0.717) is 38.7 Å². The Bertz CT molecular complexity index is 653. The highest BCUT2D eigenvalue weighted by Gasteiger charge is 2.22.